The molecule has 0 saturated carbocycles. The van der Waals surface area contributed by atoms with Crippen molar-refractivity contribution in [2.24, 2.45) is 5.41 Å². The Hall–Kier alpha value is 1.11. The van der Waals surface area contributed by atoms with Gasteiger partial charge >= 0.3 is 29.6 Å². The van der Waals surface area contributed by atoms with Crippen LogP contribution in [-0.4, -0.2) is 14.5 Å². The average molecular weight is 172 g/mol. The molecule has 0 fully saturated rings. The zero-order valence-electron chi connectivity index (χ0n) is 7.14. The van der Waals surface area contributed by atoms with E-state index in [9.17, 15) is 8.76 Å². The molecule has 0 aromatic heterocycles. The van der Waals surface area contributed by atoms with Crippen LogP contribution in [0, 0.1) is 5.41 Å². The van der Waals surface area contributed by atoms with E-state index in [1.165, 1.54) is 0 Å². The van der Waals surface area contributed by atoms with Gasteiger partial charge in [-0.25, -0.2) is 0 Å². The molecule has 4 heteroatoms. The smallest absolute Gasteiger partial charge is 0.772 e. The van der Waals surface area contributed by atoms with Gasteiger partial charge in [-0.15, -0.1) is 0 Å². The largest absolute Gasteiger partial charge is 1.00 e. The summed E-state index contributed by atoms with van der Waals surface area (Å²) in [5.41, 5.74) is -0.0490. The van der Waals surface area contributed by atoms with Crippen LogP contribution < -0.4 is 29.6 Å². The first-order valence-electron chi connectivity index (χ1n) is 3.04. The third-order valence-corrected chi connectivity index (χ3v) is 2.48. The summed E-state index contributed by atoms with van der Waals surface area (Å²) in [7, 11) is 0. The normalized spacial score (nSPS) is 14.0. The summed E-state index contributed by atoms with van der Waals surface area (Å²) < 4.78 is 20.3. The molecule has 0 heterocycles. The van der Waals surface area contributed by atoms with Crippen LogP contribution in [0.15, 0.2) is 0 Å². The van der Waals surface area contributed by atoms with Gasteiger partial charge in [-0.05, 0) is 5.41 Å². The predicted octanol–water partition coefficient (Wildman–Crippen LogP) is -1.69. The fourth-order valence-corrected chi connectivity index (χ4v) is 1.26. The van der Waals surface area contributed by atoms with Gasteiger partial charge in [-0.3, -0.25) is 4.21 Å². The Labute approximate surface area is 87.4 Å². The molecule has 1 atom stereocenters. The van der Waals surface area contributed by atoms with Crippen molar-refractivity contribution in [2.45, 2.75) is 27.2 Å². The van der Waals surface area contributed by atoms with Gasteiger partial charge in [-0.1, -0.05) is 38.3 Å². The quantitative estimate of drug-likeness (QED) is 0.376. The van der Waals surface area contributed by atoms with Gasteiger partial charge in [0.15, 0.2) is 0 Å². The van der Waals surface area contributed by atoms with Crippen LogP contribution in [0.2, 0.25) is 0 Å². The second-order valence-electron chi connectivity index (χ2n) is 2.97. The Bertz CT molecular complexity index is 114. The summed E-state index contributed by atoms with van der Waals surface area (Å²) in [4.78, 5) is 0. The van der Waals surface area contributed by atoms with E-state index < -0.39 is 11.1 Å². The molecule has 0 rings (SSSR count). The van der Waals surface area contributed by atoms with Crippen molar-refractivity contribution in [3.8, 4) is 0 Å². The minimum absolute atomic E-state index is 0. The maximum Gasteiger partial charge on any atom is 1.00 e. The van der Waals surface area contributed by atoms with E-state index in [2.05, 4.69) is 0 Å². The molecule has 0 bridgehead atoms. The van der Waals surface area contributed by atoms with E-state index in [4.69, 9.17) is 0 Å². The fourth-order valence-electron chi connectivity index (χ4n) is 0.421. The van der Waals surface area contributed by atoms with Crippen LogP contribution in [0.1, 0.15) is 27.2 Å². The summed E-state index contributed by atoms with van der Waals surface area (Å²) >= 11 is -1.88. The third kappa shape index (κ3) is 7.22. The number of hydrogen-bond acceptors (Lipinski definition) is 2. The molecule has 0 amide bonds. The molecule has 0 radical (unpaired) electrons. The molecule has 0 aliphatic heterocycles. The van der Waals surface area contributed by atoms with E-state index in [1.807, 2.05) is 20.8 Å². The Morgan fingerprint density at radius 3 is 2.00 bits per heavy atom. The van der Waals surface area contributed by atoms with Crippen molar-refractivity contribution in [3.63, 3.8) is 0 Å². The first-order chi connectivity index (χ1) is 3.98. The fraction of sp³-hybridized carbons (Fsp3) is 1.00. The van der Waals surface area contributed by atoms with Crippen LogP contribution in [-0.2, 0) is 11.1 Å². The van der Waals surface area contributed by atoms with Gasteiger partial charge in [0.2, 0.25) is 0 Å². The van der Waals surface area contributed by atoms with E-state index >= 15 is 0 Å². The minimum atomic E-state index is -1.88. The van der Waals surface area contributed by atoms with E-state index in [1.54, 1.807) is 0 Å². The van der Waals surface area contributed by atoms with Crippen LogP contribution in [0.5, 0.6) is 0 Å². The minimum Gasteiger partial charge on any atom is -0.772 e. The van der Waals surface area contributed by atoms with Crippen LogP contribution in [0.3, 0.4) is 0 Å². The summed E-state index contributed by atoms with van der Waals surface area (Å²) in [6, 6.07) is 0. The molecule has 0 saturated heterocycles. The van der Waals surface area contributed by atoms with Crippen molar-refractivity contribution in [2.75, 3.05) is 5.75 Å². The predicted molar refractivity (Wildman–Crippen MR) is 37.9 cm³/mol. The third-order valence-electron chi connectivity index (χ3n) is 1.47. The van der Waals surface area contributed by atoms with Crippen molar-refractivity contribution in [3.05, 3.63) is 0 Å². The average Bonchev–Trinajstić information content (AvgIpc) is 1.63. The van der Waals surface area contributed by atoms with Gasteiger partial charge in [0.05, 0.1) is 0 Å². The van der Waals surface area contributed by atoms with E-state index in [0.717, 1.165) is 6.42 Å². The Kier molecular flexibility index (Phi) is 7.83. The van der Waals surface area contributed by atoms with Crippen molar-refractivity contribution in [1.29, 1.82) is 0 Å². The maximum atomic E-state index is 10.2. The van der Waals surface area contributed by atoms with Gasteiger partial charge in [-0.2, -0.15) is 0 Å². The van der Waals surface area contributed by atoms with Gasteiger partial charge in [0, 0.05) is 5.75 Å². The van der Waals surface area contributed by atoms with Gasteiger partial charge in [0.25, 0.3) is 0 Å². The van der Waals surface area contributed by atoms with Gasteiger partial charge in [0.1, 0.15) is 0 Å². The number of rotatable bonds is 3. The second-order valence-corrected chi connectivity index (χ2v) is 3.86. The molecular formula is C6H13NaO2S. The molecule has 0 aliphatic carbocycles. The standard InChI is InChI=1S/C6H14O2S.Na/c1-4-6(2,3)5-9(7)8;/h4-5H2,1-3H3,(H,7,8);/q;+1/p-1. The zero-order chi connectivity index (χ0) is 7.49. The van der Waals surface area contributed by atoms with Crippen LogP contribution in [0.4, 0.5) is 0 Å². The topological polar surface area (TPSA) is 40.1 Å². The molecule has 0 aliphatic rings. The van der Waals surface area contributed by atoms with Crippen LogP contribution >= 0.6 is 0 Å². The Morgan fingerprint density at radius 1 is 1.50 bits per heavy atom. The molecule has 0 aromatic carbocycles. The van der Waals surface area contributed by atoms with Crippen molar-refractivity contribution in [1.82, 2.24) is 0 Å². The second kappa shape index (κ2) is 5.72. The summed E-state index contributed by atoms with van der Waals surface area (Å²) in [5.74, 6) is 0.267. The maximum absolute atomic E-state index is 10.2. The Balaban J connectivity index is 0. The summed E-state index contributed by atoms with van der Waals surface area (Å²) in [6.07, 6.45) is 0.904. The number of hydrogen-bond donors (Lipinski definition) is 0. The van der Waals surface area contributed by atoms with Gasteiger partial charge < -0.3 is 4.55 Å². The summed E-state index contributed by atoms with van der Waals surface area (Å²) in [5, 5.41) is 0. The van der Waals surface area contributed by atoms with Crippen LogP contribution in [0.25, 0.3) is 0 Å². The molecule has 2 nitrogen and oxygen atoms in total. The molecular weight excluding hydrogens is 159 g/mol. The van der Waals surface area contributed by atoms with Crippen molar-refractivity contribution < 1.29 is 38.3 Å². The molecule has 0 spiro atoms. The Morgan fingerprint density at radius 2 is 1.90 bits per heavy atom. The van der Waals surface area contributed by atoms with Crippen molar-refractivity contribution >= 4 is 11.1 Å². The molecule has 56 valence electrons. The molecule has 0 aromatic rings. The zero-order valence-corrected chi connectivity index (χ0v) is 9.96. The first kappa shape index (κ1) is 13.7. The first-order valence-corrected chi connectivity index (χ1v) is 4.28. The molecule has 0 N–H and O–H groups in total. The molecule has 1 unspecified atom stereocenters. The SMILES string of the molecule is CCC(C)(C)CS(=O)[O-].[Na+]. The summed E-state index contributed by atoms with van der Waals surface area (Å²) in [6.45, 7) is 5.89. The van der Waals surface area contributed by atoms with E-state index in [0.29, 0.717) is 0 Å². The van der Waals surface area contributed by atoms with E-state index in [-0.39, 0.29) is 40.7 Å². The molecule has 10 heavy (non-hydrogen) atoms. The monoisotopic (exact) mass is 172 g/mol.